The highest BCUT2D eigenvalue weighted by Crippen LogP contribution is 2.41. The molecular weight excluding hydrogens is 315 g/mol. The van der Waals surface area contributed by atoms with E-state index < -0.39 is 4.92 Å². The minimum atomic E-state index is -0.426. The fourth-order valence-corrected chi connectivity index (χ4v) is 3.05. The molecule has 0 aliphatic heterocycles. The quantitative estimate of drug-likeness (QED) is 0.499. The summed E-state index contributed by atoms with van der Waals surface area (Å²) in [5, 5.41) is 11.6. The molecule has 0 fully saturated rings. The van der Waals surface area contributed by atoms with Gasteiger partial charge in [0.05, 0.1) is 15.0 Å². The van der Waals surface area contributed by atoms with Crippen molar-refractivity contribution in [2.24, 2.45) is 0 Å². The van der Waals surface area contributed by atoms with Gasteiger partial charge in [-0.3, -0.25) is 10.1 Å². The lowest BCUT2D eigenvalue weighted by Crippen LogP contribution is -1.90. The molecule has 2 N–H and O–H groups in total. The molecule has 72 valence electrons. The molecule has 1 aromatic carbocycles. The van der Waals surface area contributed by atoms with Crippen molar-refractivity contribution >= 4 is 54.7 Å². The molecule has 0 atom stereocenters. The van der Waals surface area contributed by atoms with E-state index in [1.165, 1.54) is 11.3 Å². The summed E-state index contributed by atoms with van der Waals surface area (Å²) in [5.41, 5.74) is 5.63. The molecule has 0 amide bonds. The zero-order valence-electron chi connectivity index (χ0n) is 6.86. The van der Waals surface area contributed by atoms with Gasteiger partial charge in [0.15, 0.2) is 5.00 Å². The smallest absolute Gasteiger partial charge is 0.311 e. The zero-order chi connectivity index (χ0) is 10.3. The van der Waals surface area contributed by atoms with Crippen LogP contribution >= 0.6 is 33.9 Å². The Balaban J connectivity index is 2.90. The predicted octanol–water partition coefficient (Wildman–Crippen LogP) is 3.00. The summed E-state index contributed by atoms with van der Waals surface area (Å²) >= 11 is 3.41. The van der Waals surface area contributed by atoms with Gasteiger partial charge in [-0.15, -0.1) is 11.3 Å². The minimum Gasteiger partial charge on any atom is -0.385 e. The average molecular weight is 320 g/mol. The Hall–Kier alpha value is -0.890. The highest BCUT2D eigenvalue weighted by molar-refractivity contribution is 14.1. The molecule has 0 radical (unpaired) electrons. The Morgan fingerprint density at radius 1 is 1.50 bits per heavy atom. The summed E-state index contributed by atoms with van der Waals surface area (Å²) < 4.78 is 1.88. The molecule has 0 spiro atoms. The first-order valence-corrected chi connectivity index (χ1v) is 5.61. The number of nitrogen functional groups attached to an aromatic ring is 1. The van der Waals surface area contributed by atoms with Crippen LogP contribution in [0.5, 0.6) is 0 Å². The van der Waals surface area contributed by atoms with Gasteiger partial charge < -0.3 is 5.73 Å². The number of nitrogens with zero attached hydrogens (tertiary/aromatic N) is 1. The predicted molar refractivity (Wildman–Crippen MR) is 65.6 cm³/mol. The monoisotopic (exact) mass is 320 g/mol. The Morgan fingerprint density at radius 2 is 2.21 bits per heavy atom. The van der Waals surface area contributed by atoms with E-state index in [-0.39, 0.29) is 10.7 Å². The van der Waals surface area contributed by atoms with Crippen LogP contribution in [-0.4, -0.2) is 4.92 Å². The standard InChI is InChI=1S/C8H5IN2O2S/c9-5-3-1-2-4-6(11(12)13)8(10)14-7(4)5/h1-3H,10H2. The molecule has 2 rings (SSSR count). The van der Waals surface area contributed by atoms with E-state index in [1.807, 2.05) is 6.07 Å². The number of rotatable bonds is 1. The summed E-state index contributed by atoms with van der Waals surface area (Å²) in [4.78, 5) is 10.3. The van der Waals surface area contributed by atoms with Crippen LogP contribution in [0.25, 0.3) is 10.1 Å². The SMILES string of the molecule is Nc1sc2c(I)cccc2c1[N+](=O)[O-]. The Morgan fingerprint density at radius 3 is 2.86 bits per heavy atom. The third-order valence-electron chi connectivity index (χ3n) is 1.85. The highest BCUT2D eigenvalue weighted by atomic mass is 127. The van der Waals surface area contributed by atoms with Gasteiger partial charge in [-0.25, -0.2) is 0 Å². The van der Waals surface area contributed by atoms with Crippen LogP contribution in [0.15, 0.2) is 18.2 Å². The maximum Gasteiger partial charge on any atom is 0.311 e. The van der Waals surface area contributed by atoms with E-state index in [4.69, 9.17) is 5.73 Å². The van der Waals surface area contributed by atoms with Crippen LogP contribution in [-0.2, 0) is 0 Å². The second-order valence-corrected chi connectivity index (χ2v) is 4.90. The third kappa shape index (κ3) is 1.34. The molecule has 1 heterocycles. The third-order valence-corrected chi connectivity index (χ3v) is 4.17. The fourth-order valence-electron chi connectivity index (χ4n) is 1.28. The van der Waals surface area contributed by atoms with Crippen LogP contribution < -0.4 is 5.73 Å². The van der Waals surface area contributed by atoms with Crippen molar-refractivity contribution in [2.45, 2.75) is 0 Å². The van der Waals surface area contributed by atoms with Crippen molar-refractivity contribution in [1.29, 1.82) is 0 Å². The number of hydrogen-bond acceptors (Lipinski definition) is 4. The Labute approximate surface area is 97.0 Å². The molecule has 0 aliphatic carbocycles. The molecule has 0 bridgehead atoms. The van der Waals surface area contributed by atoms with E-state index in [0.29, 0.717) is 5.39 Å². The zero-order valence-corrected chi connectivity index (χ0v) is 9.83. The lowest BCUT2D eigenvalue weighted by molar-refractivity contribution is -0.381. The number of halogens is 1. The summed E-state index contributed by atoms with van der Waals surface area (Å²) in [5.74, 6) is 0. The van der Waals surface area contributed by atoms with Crippen molar-refractivity contribution in [2.75, 3.05) is 5.73 Å². The first kappa shape index (κ1) is 9.66. The first-order chi connectivity index (χ1) is 6.61. The van der Waals surface area contributed by atoms with E-state index in [2.05, 4.69) is 22.6 Å². The van der Waals surface area contributed by atoms with Crippen molar-refractivity contribution in [3.05, 3.63) is 31.9 Å². The normalized spacial score (nSPS) is 10.6. The van der Waals surface area contributed by atoms with E-state index in [1.54, 1.807) is 12.1 Å². The molecule has 6 heteroatoms. The van der Waals surface area contributed by atoms with E-state index in [9.17, 15) is 10.1 Å². The Bertz CT molecular complexity index is 523. The van der Waals surface area contributed by atoms with Gasteiger partial charge in [-0.2, -0.15) is 0 Å². The topological polar surface area (TPSA) is 69.2 Å². The maximum atomic E-state index is 10.7. The second-order valence-electron chi connectivity index (χ2n) is 2.69. The van der Waals surface area contributed by atoms with Gasteiger partial charge in [-0.05, 0) is 34.7 Å². The highest BCUT2D eigenvalue weighted by Gasteiger charge is 2.20. The van der Waals surface area contributed by atoms with Crippen molar-refractivity contribution in [3.8, 4) is 0 Å². The molecule has 0 aliphatic rings. The van der Waals surface area contributed by atoms with Gasteiger partial charge in [0.25, 0.3) is 0 Å². The Kier molecular flexibility index (Phi) is 2.31. The van der Waals surface area contributed by atoms with Gasteiger partial charge >= 0.3 is 5.69 Å². The molecule has 4 nitrogen and oxygen atoms in total. The number of benzene rings is 1. The number of nitrogens with two attached hydrogens (primary N) is 1. The molecule has 0 unspecified atom stereocenters. The van der Waals surface area contributed by atoms with Crippen molar-refractivity contribution in [1.82, 2.24) is 0 Å². The lowest BCUT2D eigenvalue weighted by atomic mass is 10.2. The van der Waals surface area contributed by atoms with Crippen LogP contribution in [0.1, 0.15) is 0 Å². The number of anilines is 1. The molecule has 14 heavy (non-hydrogen) atoms. The van der Waals surface area contributed by atoms with E-state index >= 15 is 0 Å². The van der Waals surface area contributed by atoms with Gasteiger partial charge in [-0.1, -0.05) is 6.07 Å². The van der Waals surface area contributed by atoms with Gasteiger partial charge in [0.1, 0.15) is 0 Å². The lowest BCUT2D eigenvalue weighted by Gasteiger charge is -1.91. The fraction of sp³-hybridized carbons (Fsp3) is 0. The van der Waals surface area contributed by atoms with Crippen LogP contribution in [0.4, 0.5) is 10.7 Å². The average Bonchev–Trinajstić information content (AvgIpc) is 2.42. The van der Waals surface area contributed by atoms with Crippen molar-refractivity contribution < 1.29 is 4.92 Å². The largest absolute Gasteiger partial charge is 0.385 e. The number of nitro groups is 1. The number of thiophene rings is 1. The van der Waals surface area contributed by atoms with Crippen LogP contribution in [0, 0.1) is 13.7 Å². The summed E-state index contributed by atoms with van der Waals surface area (Å²) in [6.45, 7) is 0. The van der Waals surface area contributed by atoms with Crippen LogP contribution in [0.2, 0.25) is 0 Å². The molecular formula is C8H5IN2O2S. The van der Waals surface area contributed by atoms with Gasteiger partial charge in [0.2, 0.25) is 0 Å². The van der Waals surface area contributed by atoms with Crippen molar-refractivity contribution in [3.63, 3.8) is 0 Å². The number of hydrogen-bond donors (Lipinski definition) is 1. The summed E-state index contributed by atoms with van der Waals surface area (Å²) in [7, 11) is 0. The summed E-state index contributed by atoms with van der Waals surface area (Å²) in [6, 6.07) is 5.42. The molecule has 1 aromatic heterocycles. The van der Waals surface area contributed by atoms with Gasteiger partial charge in [0, 0.05) is 3.57 Å². The maximum absolute atomic E-state index is 10.7. The minimum absolute atomic E-state index is 0.0310. The molecule has 2 aromatic rings. The molecule has 0 saturated heterocycles. The number of fused-ring (bicyclic) bond motifs is 1. The molecule has 0 saturated carbocycles. The summed E-state index contributed by atoms with van der Waals surface area (Å²) in [6.07, 6.45) is 0. The first-order valence-electron chi connectivity index (χ1n) is 3.72. The van der Waals surface area contributed by atoms with Crippen LogP contribution in [0.3, 0.4) is 0 Å². The second kappa shape index (κ2) is 3.35. The van der Waals surface area contributed by atoms with E-state index in [0.717, 1.165) is 8.27 Å².